The number of carbonyl (C=O) groups excluding carboxylic acids is 1. The van der Waals surface area contributed by atoms with E-state index in [4.69, 9.17) is 4.74 Å². The summed E-state index contributed by atoms with van der Waals surface area (Å²) in [5.41, 5.74) is 0.922. The zero-order valence-electron chi connectivity index (χ0n) is 13.5. The smallest absolute Gasteiger partial charge is 0.197 e. The molecule has 1 aromatic carbocycles. The van der Waals surface area contributed by atoms with E-state index in [0.29, 0.717) is 30.9 Å². The van der Waals surface area contributed by atoms with Crippen LogP contribution in [0, 0.1) is 25.6 Å². The predicted molar refractivity (Wildman–Crippen MR) is 82.2 cm³/mol. The molecule has 0 heterocycles. The number of benzene rings is 1. The fourth-order valence-electron chi connectivity index (χ4n) is 3.37. The number of carbonyl (C=O) groups is 1. The van der Waals surface area contributed by atoms with Gasteiger partial charge in [0.15, 0.2) is 5.78 Å². The molecule has 116 valence electrons. The van der Waals surface area contributed by atoms with Crippen LogP contribution in [0.15, 0.2) is 12.1 Å². The normalized spacial score (nSPS) is 25.9. The fraction of sp³-hybridized carbons (Fsp3) is 0.611. The second-order valence-electron chi connectivity index (χ2n) is 6.38. The van der Waals surface area contributed by atoms with Crippen LogP contribution in [0.4, 0.5) is 4.39 Å². The third-order valence-electron chi connectivity index (χ3n) is 4.58. The average Bonchev–Trinajstić information content (AvgIpc) is 2.40. The Labute approximate surface area is 126 Å². The molecule has 1 fully saturated rings. The molecular weight excluding hydrogens is 267 g/mol. The molecule has 2 nitrogen and oxygen atoms in total. The highest BCUT2D eigenvalue weighted by atomic mass is 19.1. The van der Waals surface area contributed by atoms with Gasteiger partial charge >= 0.3 is 0 Å². The summed E-state index contributed by atoms with van der Waals surface area (Å²) in [6.45, 7) is 8.20. The predicted octanol–water partition coefficient (Wildman–Crippen LogP) is 4.61. The van der Waals surface area contributed by atoms with Gasteiger partial charge in [-0.15, -0.1) is 0 Å². The summed E-state index contributed by atoms with van der Waals surface area (Å²) in [7, 11) is 0. The highest BCUT2D eigenvalue weighted by molar-refractivity contribution is 6.04. The molecule has 0 amide bonds. The van der Waals surface area contributed by atoms with E-state index in [1.165, 1.54) is 6.07 Å². The third kappa shape index (κ3) is 3.18. The third-order valence-corrected chi connectivity index (χ3v) is 4.58. The van der Waals surface area contributed by atoms with Gasteiger partial charge in [0.2, 0.25) is 0 Å². The minimum absolute atomic E-state index is 0.175. The molecule has 0 radical (unpaired) electrons. The van der Waals surface area contributed by atoms with Gasteiger partial charge in [-0.3, -0.25) is 4.79 Å². The van der Waals surface area contributed by atoms with Crippen molar-refractivity contribution < 1.29 is 13.9 Å². The molecule has 0 saturated heterocycles. The molecule has 0 atom stereocenters. The van der Waals surface area contributed by atoms with Crippen molar-refractivity contribution in [2.45, 2.75) is 59.0 Å². The molecular formula is C18H25FO2. The van der Waals surface area contributed by atoms with Crippen LogP contribution >= 0.6 is 0 Å². The first-order valence-corrected chi connectivity index (χ1v) is 7.85. The van der Waals surface area contributed by atoms with E-state index < -0.39 is 11.4 Å². The molecule has 0 bridgehead atoms. The van der Waals surface area contributed by atoms with E-state index in [1.807, 2.05) is 19.9 Å². The first-order valence-electron chi connectivity index (χ1n) is 7.85. The summed E-state index contributed by atoms with van der Waals surface area (Å²) < 4.78 is 20.2. The van der Waals surface area contributed by atoms with E-state index in [2.05, 4.69) is 6.92 Å². The maximum atomic E-state index is 14.3. The maximum Gasteiger partial charge on any atom is 0.197 e. The van der Waals surface area contributed by atoms with E-state index in [-0.39, 0.29) is 11.3 Å². The first kappa shape index (κ1) is 16.2. The topological polar surface area (TPSA) is 26.3 Å². The molecule has 1 aliphatic rings. The molecule has 0 unspecified atom stereocenters. The Morgan fingerprint density at radius 1 is 1.33 bits per heavy atom. The number of aryl methyl sites for hydroxylation is 2. The Morgan fingerprint density at radius 2 is 1.95 bits per heavy atom. The van der Waals surface area contributed by atoms with Gasteiger partial charge in [0.05, 0.1) is 5.56 Å². The summed E-state index contributed by atoms with van der Waals surface area (Å²) >= 11 is 0. The van der Waals surface area contributed by atoms with Crippen molar-refractivity contribution in [1.82, 2.24) is 0 Å². The molecule has 3 heteroatoms. The van der Waals surface area contributed by atoms with Gasteiger partial charge < -0.3 is 4.74 Å². The summed E-state index contributed by atoms with van der Waals surface area (Å²) in [5.74, 6) is 0.0109. The molecule has 0 aromatic heterocycles. The van der Waals surface area contributed by atoms with Gasteiger partial charge in [-0.2, -0.15) is 0 Å². The molecule has 0 spiro atoms. The molecule has 0 aliphatic heterocycles. The lowest BCUT2D eigenvalue weighted by Gasteiger charge is -2.38. The van der Waals surface area contributed by atoms with E-state index in [9.17, 15) is 9.18 Å². The Balaban J connectivity index is 2.40. The molecule has 21 heavy (non-hydrogen) atoms. The lowest BCUT2D eigenvalue weighted by atomic mass is 9.74. The van der Waals surface area contributed by atoms with Crippen LogP contribution in [0.25, 0.3) is 0 Å². The largest absolute Gasteiger partial charge is 0.367 e. The first-order chi connectivity index (χ1) is 9.89. The van der Waals surface area contributed by atoms with Gasteiger partial charge in [-0.25, -0.2) is 4.39 Å². The van der Waals surface area contributed by atoms with Crippen LogP contribution in [-0.4, -0.2) is 18.0 Å². The molecule has 1 saturated carbocycles. The van der Waals surface area contributed by atoms with Gasteiger partial charge in [0.1, 0.15) is 11.4 Å². The van der Waals surface area contributed by atoms with Crippen molar-refractivity contribution in [2.24, 2.45) is 5.92 Å². The quantitative estimate of drug-likeness (QED) is 0.757. The zero-order valence-corrected chi connectivity index (χ0v) is 13.5. The summed E-state index contributed by atoms with van der Waals surface area (Å²) in [6.07, 6.45) is 3.29. The van der Waals surface area contributed by atoms with E-state index in [1.54, 1.807) is 6.92 Å². The monoisotopic (exact) mass is 292 g/mol. The number of hydrogen-bond acceptors (Lipinski definition) is 2. The highest BCUT2D eigenvalue weighted by Gasteiger charge is 2.43. The van der Waals surface area contributed by atoms with Crippen molar-refractivity contribution in [3.63, 3.8) is 0 Å². The second kappa shape index (κ2) is 6.27. The number of hydrogen-bond donors (Lipinski definition) is 0. The van der Waals surface area contributed by atoms with Crippen molar-refractivity contribution >= 4 is 5.78 Å². The Hall–Kier alpha value is -1.22. The molecule has 1 aliphatic carbocycles. The van der Waals surface area contributed by atoms with E-state index in [0.717, 1.165) is 18.4 Å². The average molecular weight is 292 g/mol. The van der Waals surface area contributed by atoms with Crippen LogP contribution in [0.5, 0.6) is 0 Å². The van der Waals surface area contributed by atoms with Gasteiger partial charge in [-0.05, 0) is 69.6 Å². The van der Waals surface area contributed by atoms with Crippen LogP contribution in [-0.2, 0) is 4.74 Å². The van der Waals surface area contributed by atoms with Gasteiger partial charge in [-0.1, -0.05) is 13.0 Å². The minimum atomic E-state index is -0.831. The minimum Gasteiger partial charge on any atom is -0.367 e. The number of ether oxygens (including phenoxy) is 1. The van der Waals surface area contributed by atoms with Crippen molar-refractivity contribution in [2.75, 3.05) is 6.61 Å². The van der Waals surface area contributed by atoms with Crippen LogP contribution in [0.1, 0.15) is 61.0 Å². The number of rotatable bonds is 4. The van der Waals surface area contributed by atoms with Gasteiger partial charge in [0, 0.05) is 6.61 Å². The number of Topliss-reactive ketones (excluding diaryl/α,β-unsaturated/α-hetero) is 1. The van der Waals surface area contributed by atoms with Crippen LogP contribution < -0.4 is 0 Å². The standard InChI is InChI=1S/C18H25FO2/c1-5-21-18(8-6-12(2)7-9-18)17(20)16-14(4)10-13(3)11-15(16)19/h10-12H,5-9H2,1-4H3. The summed E-state index contributed by atoms with van der Waals surface area (Å²) in [4.78, 5) is 13.0. The molecule has 0 N–H and O–H groups in total. The summed E-state index contributed by atoms with van der Waals surface area (Å²) in [5, 5.41) is 0. The number of ketones is 1. The van der Waals surface area contributed by atoms with E-state index >= 15 is 0 Å². The van der Waals surface area contributed by atoms with Crippen LogP contribution in [0.3, 0.4) is 0 Å². The van der Waals surface area contributed by atoms with Crippen molar-refractivity contribution in [3.05, 3.63) is 34.6 Å². The summed E-state index contributed by atoms with van der Waals surface area (Å²) in [6, 6.07) is 3.30. The highest BCUT2D eigenvalue weighted by Crippen LogP contribution is 2.38. The maximum absolute atomic E-state index is 14.3. The Morgan fingerprint density at radius 3 is 2.48 bits per heavy atom. The second-order valence-corrected chi connectivity index (χ2v) is 6.38. The Bertz CT molecular complexity index is 505. The van der Waals surface area contributed by atoms with Crippen LogP contribution in [0.2, 0.25) is 0 Å². The molecule has 2 rings (SSSR count). The van der Waals surface area contributed by atoms with Gasteiger partial charge in [0.25, 0.3) is 0 Å². The fourth-order valence-corrected chi connectivity index (χ4v) is 3.37. The lowest BCUT2D eigenvalue weighted by molar-refractivity contribution is -0.0476. The van der Waals surface area contributed by atoms with Crippen molar-refractivity contribution in [1.29, 1.82) is 0 Å². The zero-order chi connectivity index (χ0) is 15.6. The number of halogens is 1. The SMILES string of the molecule is CCOC1(C(=O)c2c(C)cc(C)cc2F)CCC(C)CC1. The molecule has 1 aromatic rings. The lowest BCUT2D eigenvalue weighted by Crippen LogP contribution is -2.45. The van der Waals surface area contributed by atoms with Crippen molar-refractivity contribution in [3.8, 4) is 0 Å². The Kier molecular flexibility index (Phi) is 4.82.